The van der Waals surface area contributed by atoms with Gasteiger partial charge in [-0.25, -0.2) is 0 Å². The van der Waals surface area contributed by atoms with Crippen LogP contribution in [0.2, 0.25) is 0 Å². The second-order valence-electron chi connectivity index (χ2n) is 5.60. The van der Waals surface area contributed by atoms with Gasteiger partial charge in [0, 0.05) is 11.8 Å². The van der Waals surface area contributed by atoms with E-state index in [2.05, 4.69) is 10.4 Å². The van der Waals surface area contributed by atoms with Crippen molar-refractivity contribution >= 4 is 35.3 Å². The predicted octanol–water partition coefficient (Wildman–Crippen LogP) is 1.23. The molecule has 0 aliphatic rings. The smallest absolute Gasteiger partial charge is 0.426 e. The van der Waals surface area contributed by atoms with Gasteiger partial charge in [-0.15, -0.1) is 0 Å². The molecule has 124 valence electrons. The van der Waals surface area contributed by atoms with Crippen molar-refractivity contribution in [1.82, 2.24) is 15.1 Å². The lowest BCUT2D eigenvalue weighted by Crippen LogP contribution is -2.48. The van der Waals surface area contributed by atoms with E-state index in [9.17, 15) is 14.8 Å². The minimum absolute atomic E-state index is 0.221. The number of carbonyl (C=O) groups is 1. The van der Waals surface area contributed by atoms with Crippen molar-refractivity contribution in [1.29, 1.82) is 0 Å². The van der Waals surface area contributed by atoms with Crippen LogP contribution < -0.4 is 5.32 Å². The van der Waals surface area contributed by atoms with Crippen LogP contribution in [-0.2, 0) is 17.8 Å². The van der Waals surface area contributed by atoms with Crippen LogP contribution in [-0.4, -0.2) is 38.8 Å². The van der Waals surface area contributed by atoms with E-state index < -0.39 is 13.1 Å². The van der Waals surface area contributed by atoms with E-state index in [1.165, 1.54) is 11.3 Å². The molecule has 2 heterocycles. The Kier molecular flexibility index (Phi) is 5.29. The fraction of sp³-hybridized carbons (Fsp3) is 0.250. The van der Waals surface area contributed by atoms with Crippen molar-refractivity contribution < 1.29 is 14.8 Å². The molecule has 0 saturated heterocycles. The van der Waals surface area contributed by atoms with E-state index in [1.807, 2.05) is 41.1 Å². The number of carbonyl (C=O) groups excluding carboxylic acids is 1. The van der Waals surface area contributed by atoms with E-state index in [1.54, 1.807) is 10.9 Å². The van der Waals surface area contributed by atoms with E-state index in [0.717, 1.165) is 16.5 Å². The molecule has 0 radical (unpaired) electrons. The van der Waals surface area contributed by atoms with Gasteiger partial charge in [-0.2, -0.15) is 16.4 Å². The SMILES string of the molecule is O=C(CCn1ncc2ccccc21)NC(Cc1ccsc1)B(O)O. The van der Waals surface area contributed by atoms with E-state index in [-0.39, 0.29) is 12.3 Å². The summed E-state index contributed by atoms with van der Waals surface area (Å²) in [5.41, 5.74) is 1.94. The Bertz CT molecular complexity index is 804. The number of aromatic nitrogens is 2. The first kappa shape index (κ1) is 16.7. The predicted molar refractivity (Wildman–Crippen MR) is 94.5 cm³/mol. The molecule has 3 aromatic rings. The molecule has 0 aliphatic carbocycles. The van der Waals surface area contributed by atoms with E-state index in [0.29, 0.717) is 13.0 Å². The lowest BCUT2D eigenvalue weighted by atomic mass is 9.76. The Labute approximate surface area is 143 Å². The van der Waals surface area contributed by atoms with Gasteiger partial charge in [-0.05, 0) is 34.9 Å². The minimum atomic E-state index is -1.60. The fourth-order valence-corrected chi connectivity index (χ4v) is 3.27. The number of aryl methyl sites for hydroxylation is 1. The second-order valence-corrected chi connectivity index (χ2v) is 6.38. The molecule has 1 unspecified atom stereocenters. The summed E-state index contributed by atoms with van der Waals surface area (Å²) in [6, 6.07) is 9.70. The molecular formula is C16H18BN3O3S. The lowest BCUT2D eigenvalue weighted by Gasteiger charge is -2.17. The number of benzene rings is 1. The number of fused-ring (bicyclic) bond motifs is 1. The van der Waals surface area contributed by atoms with Gasteiger partial charge in [0.05, 0.1) is 24.2 Å². The van der Waals surface area contributed by atoms with Gasteiger partial charge in [0.1, 0.15) is 0 Å². The number of nitrogens with zero attached hydrogens (tertiary/aromatic N) is 2. The molecule has 0 bridgehead atoms. The third-order valence-electron chi connectivity index (χ3n) is 3.84. The van der Waals surface area contributed by atoms with Crippen LogP contribution in [0.1, 0.15) is 12.0 Å². The Balaban J connectivity index is 1.57. The van der Waals surface area contributed by atoms with Crippen LogP contribution in [0.5, 0.6) is 0 Å². The van der Waals surface area contributed by atoms with Gasteiger partial charge in [0.2, 0.25) is 5.91 Å². The van der Waals surface area contributed by atoms with Gasteiger partial charge in [-0.3, -0.25) is 9.48 Å². The van der Waals surface area contributed by atoms with Crippen LogP contribution in [0.15, 0.2) is 47.3 Å². The first-order valence-electron chi connectivity index (χ1n) is 7.70. The summed E-state index contributed by atoms with van der Waals surface area (Å²) < 4.78 is 1.78. The fourth-order valence-electron chi connectivity index (χ4n) is 2.58. The molecule has 24 heavy (non-hydrogen) atoms. The average Bonchev–Trinajstić information content (AvgIpc) is 3.21. The largest absolute Gasteiger partial charge is 0.475 e. The maximum absolute atomic E-state index is 12.1. The quantitative estimate of drug-likeness (QED) is 0.563. The molecule has 0 spiro atoms. The van der Waals surface area contributed by atoms with Crippen LogP contribution >= 0.6 is 11.3 Å². The number of thiophene rings is 1. The van der Waals surface area contributed by atoms with Crippen molar-refractivity contribution in [3.63, 3.8) is 0 Å². The summed E-state index contributed by atoms with van der Waals surface area (Å²) in [5, 5.41) is 30.8. The summed E-state index contributed by atoms with van der Waals surface area (Å²) in [5.74, 6) is -0.954. The molecule has 3 rings (SSSR count). The molecule has 6 nitrogen and oxygen atoms in total. The van der Waals surface area contributed by atoms with Crippen LogP contribution in [0, 0.1) is 0 Å². The summed E-state index contributed by atoms with van der Waals surface area (Å²) in [6.45, 7) is 0.437. The number of hydrogen-bond donors (Lipinski definition) is 3. The summed E-state index contributed by atoms with van der Waals surface area (Å²) in [6.07, 6.45) is 2.38. The molecule has 0 aliphatic heterocycles. The highest BCUT2D eigenvalue weighted by Crippen LogP contribution is 2.13. The summed E-state index contributed by atoms with van der Waals surface area (Å²) >= 11 is 1.53. The monoisotopic (exact) mass is 343 g/mol. The number of nitrogens with one attached hydrogen (secondary N) is 1. The van der Waals surface area contributed by atoms with Gasteiger partial charge in [-0.1, -0.05) is 18.2 Å². The molecule has 0 fully saturated rings. The molecule has 1 aromatic carbocycles. The van der Waals surface area contributed by atoms with Gasteiger partial charge in [0.15, 0.2) is 0 Å². The zero-order valence-electron chi connectivity index (χ0n) is 13.0. The topological polar surface area (TPSA) is 87.4 Å². The standard InChI is InChI=1S/C16H18BN3O3S/c21-16(19-15(17(22)23)9-12-6-8-24-11-12)5-7-20-14-4-2-1-3-13(14)10-18-20/h1-4,6,8,10-11,15,22-23H,5,7,9H2,(H,19,21). The average molecular weight is 343 g/mol. The van der Waals surface area contributed by atoms with Gasteiger partial charge >= 0.3 is 7.12 Å². The summed E-state index contributed by atoms with van der Waals surface area (Å²) in [4.78, 5) is 12.1. The molecular weight excluding hydrogens is 325 g/mol. The van der Waals surface area contributed by atoms with Crippen molar-refractivity contribution in [3.05, 3.63) is 52.9 Å². The Morgan fingerprint density at radius 2 is 2.17 bits per heavy atom. The number of hydrogen-bond acceptors (Lipinski definition) is 5. The molecule has 1 atom stereocenters. The Morgan fingerprint density at radius 3 is 2.92 bits per heavy atom. The highest BCUT2D eigenvalue weighted by atomic mass is 32.1. The van der Waals surface area contributed by atoms with E-state index in [4.69, 9.17) is 0 Å². The number of rotatable bonds is 7. The van der Waals surface area contributed by atoms with Crippen molar-refractivity contribution in [3.8, 4) is 0 Å². The van der Waals surface area contributed by atoms with Gasteiger partial charge < -0.3 is 15.4 Å². The first-order valence-corrected chi connectivity index (χ1v) is 8.65. The highest BCUT2D eigenvalue weighted by Gasteiger charge is 2.25. The van der Waals surface area contributed by atoms with Crippen LogP contribution in [0.4, 0.5) is 0 Å². The molecule has 2 aromatic heterocycles. The Morgan fingerprint density at radius 1 is 1.33 bits per heavy atom. The third-order valence-corrected chi connectivity index (χ3v) is 4.58. The summed E-state index contributed by atoms with van der Waals surface area (Å²) in [7, 11) is -1.60. The van der Waals surface area contributed by atoms with Gasteiger partial charge in [0.25, 0.3) is 0 Å². The first-order chi connectivity index (χ1) is 11.6. The molecule has 0 saturated carbocycles. The maximum atomic E-state index is 12.1. The zero-order valence-corrected chi connectivity index (χ0v) is 13.8. The molecule has 3 N–H and O–H groups in total. The maximum Gasteiger partial charge on any atom is 0.475 e. The Hall–Kier alpha value is -2.16. The normalized spacial score (nSPS) is 12.2. The second kappa shape index (κ2) is 7.61. The lowest BCUT2D eigenvalue weighted by molar-refractivity contribution is -0.121. The minimum Gasteiger partial charge on any atom is -0.426 e. The van der Waals surface area contributed by atoms with Crippen LogP contribution in [0.25, 0.3) is 10.9 Å². The number of amides is 1. The van der Waals surface area contributed by atoms with Crippen molar-refractivity contribution in [2.45, 2.75) is 25.3 Å². The number of para-hydroxylation sites is 1. The van der Waals surface area contributed by atoms with Crippen LogP contribution in [0.3, 0.4) is 0 Å². The van der Waals surface area contributed by atoms with E-state index >= 15 is 0 Å². The van der Waals surface area contributed by atoms with Crippen molar-refractivity contribution in [2.24, 2.45) is 0 Å². The highest BCUT2D eigenvalue weighted by molar-refractivity contribution is 7.07. The zero-order chi connectivity index (χ0) is 16.9. The molecule has 8 heteroatoms. The third kappa shape index (κ3) is 4.02. The molecule has 1 amide bonds. The van der Waals surface area contributed by atoms with Crippen molar-refractivity contribution in [2.75, 3.05) is 0 Å².